The Hall–Kier alpha value is -1.58. The monoisotopic (exact) mass is 329 g/mol. The van der Waals surface area contributed by atoms with Crippen molar-refractivity contribution in [3.8, 4) is 0 Å². The van der Waals surface area contributed by atoms with Crippen molar-refractivity contribution in [1.29, 1.82) is 0 Å². The molecular weight excluding hydrogens is 314 g/mol. The number of halogens is 1. The second kappa shape index (κ2) is 5.81. The first-order chi connectivity index (χ1) is 9.72. The highest BCUT2D eigenvalue weighted by atomic mass is 79.9. The van der Waals surface area contributed by atoms with E-state index in [1.165, 1.54) is 5.56 Å². The van der Waals surface area contributed by atoms with Crippen LogP contribution in [0.3, 0.4) is 0 Å². The number of benzene rings is 2. The Labute approximate surface area is 126 Å². The third kappa shape index (κ3) is 2.94. The second-order valence-corrected chi connectivity index (χ2v) is 5.82. The Morgan fingerprint density at radius 2 is 1.95 bits per heavy atom. The van der Waals surface area contributed by atoms with Crippen LogP contribution in [0.5, 0.6) is 0 Å². The summed E-state index contributed by atoms with van der Waals surface area (Å²) in [6.07, 6.45) is 0. The molecule has 0 saturated carbocycles. The van der Waals surface area contributed by atoms with Crippen LogP contribution >= 0.6 is 15.9 Å². The summed E-state index contributed by atoms with van der Waals surface area (Å²) < 4.78 is 6.91. The minimum absolute atomic E-state index is 0.278. The van der Waals surface area contributed by atoms with E-state index in [-0.39, 0.29) is 6.04 Å². The van der Waals surface area contributed by atoms with Gasteiger partial charge in [-0.15, -0.1) is 0 Å². The number of para-hydroxylation sites is 1. The zero-order chi connectivity index (χ0) is 13.9. The minimum Gasteiger partial charge on any atom is -0.460 e. The van der Waals surface area contributed by atoms with Crippen molar-refractivity contribution in [3.63, 3.8) is 0 Å². The van der Waals surface area contributed by atoms with Gasteiger partial charge in [0.15, 0.2) is 0 Å². The first-order valence-electron chi connectivity index (χ1n) is 6.69. The van der Waals surface area contributed by atoms with Crippen LogP contribution in [0, 0.1) is 0 Å². The Morgan fingerprint density at radius 3 is 2.75 bits per heavy atom. The van der Waals surface area contributed by atoms with Crippen molar-refractivity contribution in [3.05, 3.63) is 70.4 Å². The molecule has 0 bridgehead atoms. The van der Waals surface area contributed by atoms with E-state index in [0.29, 0.717) is 0 Å². The molecule has 2 nitrogen and oxygen atoms in total. The van der Waals surface area contributed by atoms with Gasteiger partial charge in [0.25, 0.3) is 0 Å². The SMILES string of the molecule is CC(NCc1cc2ccccc2o1)c1cccc(Br)c1. The number of fused-ring (bicyclic) bond motifs is 1. The quantitative estimate of drug-likeness (QED) is 0.724. The van der Waals surface area contributed by atoms with Gasteiger partial charge >= 0.3 is 0 Å². The second-order valence-electron chi connectivity index (χ2n) is 4.91. The first-order valence-corrected chi connectivity index (χ1v) is 7.48. The molecule has 0 aliphatic heterocycles. The maximum atomic E-state index is 5.81. The highest BCUT2D eigenvalue weighted by Crippen LogP contribution is 2.21. The fourth-order valence-electron chi connectivity index (χ4n) is 2.27. The number of furan rings is 1. The highest BCUT2D eigenvalue weighted by Gasteiger charge is 2.07. The summed E-state index contributed by atoms with van der Waals surface area (Å²) in [6.45, 7) is 2.88. The van der Waals surface area contributed by atoms with Crippen LogP contribution in [-0.4, -0.2) is 0 Å². The van der Waals surface area contributed by atoms with Crippen molar-refractivity contribution in [2.24, 2.45) is 0 Å². The van der Waals surface area contributed by atoms with Crippen molar-refractivity contribution in [1.82, 2.24) is 5.32 Å². The molecular formula is C17H16BrNO. The first kappa shape index (κ1) is 13.4. The van der Waals surface area contributed by atoms with E-state index in [2.05, 4.69) is 58.5 Å². The lowest BCUT2D eigenvalue weighted by molar-refractivity contribution is 0.482. The Balaban J connectivity index is 1.69. The molecule has 1 heterocycles. The lowest BCUT2D eigenvalue weighted by Gasteiger charge is -2.13. The number of nitrogens with one attached hydrogen (secondary N) is 1. The zero-order valence-corrected chi connectivity index (χ0v) is 12.9. The van der Waals surface area contributed by atoms with Gasteiger partial charge in [-0.25, -0.2) is 0 Å². The van der Waals surface area contributed by atoms with Gasteiger partial charge in [-0.1, -0.05) is 46.3 Å². The van der Waals surface area contributed by atoms with Crippen molar-refractivity contribution < 1.29 is 4.42 Å². The van der Waals surface area contributed by atoms with Gasteiger partial charge in [-0.05, 0) is 36.8 Å². The van der Waals surface area contributed by atoms with Crippen LogP contribution in [0.15, 0.2) is 63.5 Å². The molecule has 0 spiro atoms. The van der Waals surface area contributed by atoms with Gasteiger partial charge < -0.3 is 9.73 Å². The fraction of sp³-hybridized carbons (Fsp3) is 0.176. The topological polar surface area (TPSA) is 25.2 Å². The minimum atomic E-state index is 0.278. The van der Waals surface area contributed by atoms with Crippen LogP contribution in [0.2, 0.25) is 0 Å². The van der Waals surface area contributed by atoms with Gasteiger partial charge in [-0.2, -0.15) is 0 Å². The maximum absolute atomic E-state index is 5.81. The molecule has 0 aliphatic rings. The molecule has 2 aromatic carbocycles. The summed E-state index contributed by atoms with van der Waals surface area (Å²) in [5.41, 5.74) is 2.20. The highest BCUT2D eigenvalue weighted by molar-refractivity contribution is 9.10. The summed E-state index contributed by atoms with van der Waals surface area (Å²) in [5.74, 6) is 0.966. The molecule has 102 valence electrons. The van der Waals surface area contributed by atoms with Crippen molar-refractivity contribution in [2.45, 2.75) is 19.5 Å². The van der Waals surface area contributed by atoms with E-state index in [9.17, 15) is 0 Å². The van der Waals surface area contributed by atoms with Gasteiger partial charge in [-0.3, -0.25) is 0 Å². The molecule has 3 aromatic rings. The third-order valence-electron chi connectivity index (χ3n) is 3.41. The van der Waals surface area contributed by atoms with Crippen molar-refractivity contribution in [2.75, 3.05) is 0 Å². The molecule has 3 heteroatoms. The van der Waals surface area contributed by atoms with E-state index in [1.54, 1.807) is 0 Å². The summed E-state index contributed by atoms with van der Waals surface area (Å²) in [4.78, 5) is 0. The molecule has 0 fully saturated rings. The Morgan fingerprint density at radius 1 is 1.10 bits per heavy atom. The van der Waals surface area contributed by atoms with E-state index in [0.717, 1.165) is 27.7 Å². The number of rotatable bonds is 4. The number of hydrogen-bond acceptors (Lipinski definition) is 2. The molecule has 0 radical (unpaired) electrons. The molecule has 20 heavy (non-hydrogen) atoms. The van der Waals surface area contributed by atoms with E-state index in [1.807, 2.05) is 24.3 Å². The zero-order valence-electron chi connectivity index (χ0n) is 11.3. The summed E-state index contributed by atoms with van der Waals surface area (Å²) in [7, 11) is 0. The normalized spacial score (nSPS) is 12.7. The molecule has 3 rings (SSSR count). The predicted octanol–water partition coefficient (Wildman–Crippen LogP) is 5.05. The van der Waals surface area contributed by atoms with Gasteiger partial charge in [0.05, 0.1) is 6.54 Å². The maximum Gasteiger partial charge on any atom is 0.134 e. The predicted molar refractivity (Wildman–Crippen MR) is 85.6 cm³/mol. The molecule has 1 aromatic heterocycles. The van der Waals surface area contributed by atoms with Crippen LogP contribution in [0.4, 0.5) is 0 Å². The molecule has 0 saturated heterocycles. The number of hydrogen-bond donors (Lipinski definition) is 1. The van der Waals surface area contributed by atoms with Crippen molar-refractivity contribution >= 4 is 26.9 Å². The van der Waals surface area contributed by atoms with E-state index < -0.39 is 0 Å². The lowest BCUT2D eigenvalue weighted by Crippen LogP contribution is -2.17. The average Bonchev–Trinajstić information content (AvgIpc) is 2.87. The summed E-state index contributed by atoms with van der Waals surface area (Å²) >= 11 is 3.50. The molecule has 1 unspecified atom stereocenters. The van der Waals surface area contributed by atoms with E-state index >= 15 is 0 Å². The van der Waals surface area contributed by atoms with Crippen LogP contribution in [0.1, 0.15) is 24.3 Å². The fourth-order valence-corrected chi connectivity index (χ4v) is 2.69. The summed E-state index contributed by atoms with van der Waals surface area (Å²) in [6, 6.07) is 18.8. The Bertz CT molecular complexity index is 687. The van der Waals surface area contributed by atoms with Crippen LogP contribution in [-0.2, 0) is 6.54 Å². The molecule has 0 aliphatic carbocycles. The van der Waals surface area contributed by atoms with Gasteiger partial charge in [0.1, 0.15) is 11.3 Å². The lowest BCUT2D eigenvalue weighted by atomic mass is 10.1. The standard InChI is InChI=1S/C17H16BrNO/c1-12(13-6-4-7-15(18)9-13)19-11-16-10-14-5-2-3-8-17(14)20-16/h2-10,12,19H,11H2,1H3. The smallest absolute Gasteiger partial charge is 0.134 e. The molecule has 1 N–H and O–H groups in total. The van der Waals surface area contributed by atoms with Gasteiger partial charge in [0.2, 0.25) is 0 Å². The van der Waals surface area contributed by atoms with E-state index in [4.69, 9.17) is 4.42 Å². The van der Waals surface area contributed by atoms with Gasteiger partial charge in [0, 0.05) is 15.9 Å². The summed E-state index contributed by atoms with van der Waals surface area (Å²) in [5, 5.41) is 4.64. The molecule has 1 atom stereocenters. The average molecular weight is 330 g/mol. The molecule has 0 amide bonds. The van der Waals surface area contributed by atoms with Crippen LogP contribution < -0.4 is 5.32 Å². The largest absolute Gasteiger partial charge is 0.460 e. The van der Waals surface area contributed by atoms with Crippen LogP contribution in [0.25, 0.3) is 11.0 Å². The third-order valence-corrected chi connectivity index (χ3v) is 3.90. The Kier molecular flexibility index (Phi) is 3.90.